The predicted molar refractivity (Wildman–Crippen MR) is 128 cm³/mol. The Balaban J connectivity index is 1.55. The fourth-order valence-corrected chi connectivity index (χ4v) is 11.5. The van der Waals surface area contributed by atoms with Crippen molar-refractivity contribution in [2.24, 2.45) is 56.7 Å². The summed E-state index contributed by atoms with van der Waals surface area (Å²) in [6.07, 6.45) is 11.2. The van der Waals surface area contributed by atoms with Crippen LogP contribution in [-0.4, -0.2) is 28.7 Å². The fraction of sp³-hybridized carbons (Fsp3) is 0.966. The maximum Gasteiger partial charge on any atom is 0.133 e. The predicted octanol–water partition coefficient (Wildman–Crippen LogP) is 6.01. The topological polar surface area (TPSA) is 57.5 Å². The molecule has 32 heavy (non-hydrogen) atoms. The molecule has 2 N–H and O–H groups in total. The van der Waals surface area contributed by atoms with Crippen LogP contribution in [0.3, 0.4) is 0 Å². The number of fused-ring (bicyclic) bond motifs is 7. The second kappa shape index (κ2) is 7.06. The average molecular weight is 445 g/mol. The van der Waals surface area contributed by atoms with Crippen LogP contribution in [0.4, 0.5) is 0 Å². The molecule has 5 rings (SSSR count). The third-order valence-corrected chi connectivity index (χ3v) is 13.4. The van der Waals surface area contributed by atoms with Crippen molar-refractivity contribution in [1.82, 2.24) is 0 Å². The molecule has 182 valence electrons. The smallest absolute Gasteiger partial charge is 0.133 e. The van der Waals surface area contributed by atoms with Crippen LogP contribution in [0.2, 0.25) is 0 Å². The van der Waals surface area contributed by atoms with Gasteiger partial charge in [0.1, 0.15) is 5.78 Å². The second-order valence-electron chi connectivity index (χ2n) is 14.3. The van der Waals surface area contributed by atoms with E-state index in [-0.39, 0.29) is 40.3 Å². The number of aliphatic hydroxyl groups is 2. The highest BCUT2D eigenvalue weighted by Crippen LogP contribution is 2.77. The van der Waals surface area contributed by atoms with Gasteiger partial charge in [0, 0.05) is 12.5 Å². The van der Waals surface area contributed by atoms with E-state index in [1.807, 2.05) is 0 Å². The van der Waals surface area contributed by atoms with Gasteiger partial charge in [-0.05, 0) is 122 Å². The molecule has 5 aliphatic carbocycles. The van der Waals surface area contributed by atoms with E-state index >= 15 is 0 Å². The van der Waals surface area contributed by atoms with E-state index in [1.165, 1.54) is 32.1 Å². The summed E-state index contributed by atoms with van der Waals surface area (Å²) in [6, 6.07) is 0. The summed E-state index contributed by atoms with van der Waals surface area (Å²) >= 11 is 0. The van der Waals surface area contributed by atoms with E-state index < -0.39 is 0 Å². The van der Waals surface area contributed by atoms with Crippen LogP contribution in [0.1, 0.15) is 106 Å². The van der Waals surface area contributed by atoms with E-state index in [9.17, 15) is 15.0 Å². The number of aliphatic hydroxyl groups excluding tert-OH is 2. The third kappa shape index (κ3) is 2.65. The standard InChI is InChI=1S/C29H48O3/c1-18(31)19-9-14-29(17-30)16-15-27(5)20(24(19)29)7-8-22-26(4)12-11-23(32)25(2,3)21(26)10-13-28(22,27)6/h19-24,30,32H,7-17H2,1-6H3/t19-,20+,21-,22+,23-,24+,26-,27+,28+,29+/m0/s1. The highest BCUT2D eigenvalue weighted by Gasteiger charge is 2.70. The van der Waals surface area contributed by atoms with E-state index in [1.54, 1.807) is 6.92 Å². The first-order valence-corrected chi connectivity index (χ1v) is 13.7. The molecule has 3 heteroatoms. The van der Waals surface area contributed by atoms with Crippen molar-refractivity contribution in [3.63, 3.8) is 0 Å². The van der Waals surface area contributed by atoms with Crippen molar-refractivity contribution < 1.29 is 15.0 Å². The van der Waals surface area contributed by atoms with Gasteiger partial charge in [-0.1, -0.05) is 34.6 Å². The minimum absolute atomic E-state index is 0.00410. The van der Waals surface area contributed by atoms with E-state index in [4.69, 9.17) is 0 Å². The lowest BCUT2D eigenvalue weighted by molar-refractivity contribution is -0.249. The SMILES string of the molecule is CC(=O)[C@@H]1CC[C@]2(CO)CC[C@]3(C)[C@H](CC[C@@H]4[C@@]5(C)CC[C@H](O)C(C)(C)[C@@H]5CC[C@]43C)[C@@H]12. The van der Waals surface area contributed by atoms with Crippen molar-refractivity contribution >= 4 is 5.78 Å². The number of hydrogen-bond donors (Lipinski definition) is 2. The number of carbonyl (C=O) groups excluding carboxylic acids is 1. The summed E-state index contributed by atoms with van der Waals surface area (Å²) < 4.78 is 0. The normalized spacial score (nSPS) is 56.5. The Bertz CT molecular complexity index is 789. The fourth-order valence-electron chi connectivity index (χ4n) is 11.5. The van der Waals surface area contributed by atoms with Crippen LogP contribution < -0.4 is 0 Å². The van der Waals surface area contributed by atoms with Crippen LogP contribution in [0.25, 0.3) is 0 Å². The Labute approximate surface area is 196 Å². The molecule has 0 radical (unpaired) electrons. The largest absolute Gasteiger partial charge is 0.396 e. The molecular weight excluding hydrogens is 396 g/mol. The van der Waals surface area contributed by atoms with Gasteiger partial charge >= 0.3 is 0 Å². The lowest BCUT2D eigenvalue weighted by Crippen LogP contribution is -2.66. The molecule has 0 aromatic carbocycles. The summed E-state index contributed by atoms with van der Waals surface area (Å²) in [6.45, 7) is 14.5. The van der Waals surface area contributed by atoms with Gasteiger partial charge in [-0.25, -0.2) is 0 Å². The first-order valence-electron chi connectivity index (χ1n) is 13.7. The van der Waals surface area contributed by atoms with Gasteiger partial charge in [0.25, 0.3) is 0 Å². The lowest BCUT2D eigenvalue weighted by Gasteiger charge is -2.72. The van der Waals surface area contributed by atoms with Gasteiger partial charge in [-0.2, -0.15) is 0 Å². The van der Waals surface area contributed by atoms with Crippen LogP contribution in [0, 0.1) is 56.7 Å². The van der Waals surface area contributed by atoms with E-state index in [0.717, 1.165) is 32.1 Å². The summed E-state index contributed by atoms with van der Waals surface area (Å²) in [5, 5.41) is 21.4. The summed E-state index contributed by atoms with van der Waals surface area (Å²) in [4.78, 5) is 12.7. The van der Waals surface area contributed by atoms with Crippen molar-refractivity contribution in [1.29, 1.82) is 0 Å². The molecule has 0 aliphatic heterocycles. The Morgan fingerprint density at radius 3 is 2.19 bits per heavy atom. The van der Waals surface area contributed by atoms with Gasteiger partial charge < -0.3 is 10.2 Å². The molecule has 10 atom stereocenters. The maximum atomic E-state index is 12.7. The minimum atomic E-state index is -0.175. The number of Topliss-reactive ketones (excluding diaryl/α,β-unsaturated/α-hetero) is 1. The molecule has 0 unspecified atom stereocenters. The minimum Gasteiger partial charge on any atom is -0.396 e. The lowest BCUT2D eigenvalue weighted by atomic mass is 9.32. The zero-order valence-electron chi connectivity index (χ0n) is 21.5. The van der Waals surface area contributed by atoms with Gasteiger partial charge in [-0.15, -0.1) is 0 Å². The Morgan fingerprint density at radius 1 is 0.812 bits per heavy atom. The first-order chi connectivity index (χ1) is 14.9. The molecule has 5 aliphatic rings. The van der Waals surface area contributed by atoms with Crippen LogP contribution in [-0.2, 0) is 4.79 Å². The van der Waals surface area contributed by atoms with Crippen molar-refractivity contribution in [2.75, 3.05) is 6.61 Å². The maximum absolute atomic E-state index is 12.7. The molecule has 0 saturated heterocycles. The van der Waals surface area contributed by atoms with Crippen LogP contribution in [0.5, 0.6) is 0 Å². The Morgan fingerprint density at radius 2 is 1.53 bits per heavy atom. The molecule has 0 aromatic rings. The molecule has 0 amide bonds. The Kier molecular flexibility index (Phi) is 5.15. The molecule has 0 aromatic heterocycles. The molecule has 5 saturated carbocycles. The first kappa shape index (κ1) is 23.3. The van der Waals surface area contributed by atoms with Gasteiger partial charge in [0.2, 0.25) is 0 Å². The molecular formula is C29H48O3. The molecule has 5 fully saturated rings. The van der Waals surface area contributed by atoms with Gasteiger partial charge in [0.05, 0.1) is 6.10 Å². The van der Waals surface area contributed by atoms with Crippen molar-refractivity contribution in [3.05, 3.63) is 0 Å². The molecule has 3 nitrogen and oxygen atoms in total. The summed E-state index contributed by atoms with van der Waals surface area (Å²) in [7, 11) is 0. The number of hydrogen-bond acceptors (Lipinski definition) is 3. The zero-order valence-corrected chi connectivity index (χ0v) is 21.5. The van der Waals surface area contributed by atoms with Crippen LogP contribution in [0.15, 0.2) is 0 Å². The van der Waals surface area contributed by atoms with E-state index in [2.05, 4.69) is 34.6 Å². The highest BCUT2D eigenvalue weighted by molar-refractivity contribution is 5.79. The van der Waals surface area contributed by atoms with Crippen LogP contribution >= 0.6 is 0 Å². The third-order valence-electron chi connectivity index (χ3n) is 13.4. The molecule has 0 spiro atoms. The Hall–Kier alpha value is -0.410. The summed E-state index contributed by atoms with van der Waals surface area (Å²) in [5.41, 5.74) is 0.805. The van der Waals surface area contributed by atoms with Crippen molar-refractivity contribution in [2.45, 2.75) is 112 Å². The summed E-state index contributed by atoms with van der Waals surface area (Å²) in [5.74, 6) is 2.73. The van der Waals surface area contributed by atoms with Gasteiger partial charge in [-0.3, -0.25) is 4.79 Å². The number of carbonyl (C=O) groups is 1. The van der Waals surface area contributed by atoms with Gasteiger partial charge in [0.15, 0.2) is 0 Å². The number of rotatable bonds is 2. The molecule has 0 heterocycles. The highest BCUT2D eigenvalue weighted by atomic mass is 16.3. The second-order valence-corrected chi connectivity index (χ2v) is 14.3. The monoisotopic (exact) mass is 444 g/mol. The zero-order chi connectivity index (χ0) is 23.3. The van der Waals surface area contributed by atoms with E-state index in [0.29, 0.717) is 34.9 Å². The average Bonchev–Trinajstić information content (AvgIpc) is 3.12. The molecule has 0 bridgehead atoms. The number of ketones is 1. The van der Waals surface area contributed by atoms with Crippen molar-refractivity contribution in [3.8, 4) is 0 Å². The quantitative estimate of drug-likeness (QED) is 0.548.